The van der Waals surface area contributed by atoms with Gasteiger partial charge in [-0.3, -0.25) is 0 Å². The van der Waals surface area contributed by atoms with Crippen LogP contribution in [-0.2, 0) is 6.42 Å². The molecule has 0 bridgehead atoms. The van der Waals surface area contributed by atoms with Gasteiger partial charge in [0.1, 0.15) is 11.3 Å². The van der Waals surface area contributed by atoms with Crippen LogP contribution >= 0.6 is 11.6 Å². The maximum absolute atomic E-state index is 14.0. The van der Waals surface area contributed by atoms with Gasteiger partial charge in [0, 0.05) is 0 Å². The molecule has 3 rings (SSSR count). The van der Waals surface area contributed by atoms with Crippen LogP contribution in [0.1, 0.15) is 12.0 Å². The summed E-state index contributed by atoms with van der Waals surface area (Å²) in [5, 5.41) is 13.3. The van der Waals surface area contributed by atoms with Crippen LogP contribution in [0.2, 0.25) is 5.02 Å². The largest absolute Gasteiger partial charge is 0.492 e. The highest BCUT2D eigenvalue weighted by Crippen LogP contribution is 2.39. The molecule has 0 atom stereocenters. The van der Waals surface area contributed by atoms with Crippen molar-refractivity contribution in [3.63, 3.8) is 0 Å². The van der Waals surface area contributed by atoms with Crippen molar-refractivity contribution in [2.45, 2.75) is 12.8 Å². The monoisotopic (exact) mass is 254 g/mol. The van der Waals surface area contributed by atoms with E-state index in [9.17, 15) is 4.39 Å². The molecule has 2 heterocycles. The van der Waals surface area contributed by atoms with E-state index >= 15 is 0 Å². The number of aryl methyl sites for hydroxylation is 1. The van der Waals surface area contributed by atoms with E-state index in [-0.39, 0.29) is 16.4 Å². The molecule has 1 aromatic carbocycles. The molecule has 0 radical (unpaired) electrons. The maximum Gasteiger partial charge on any atom is 0.211 e. The number of aromatic nitrogens is 4. The van der Waals surface area contributed by atoms with Gasteiger partial charge in [-0.2, -0.15) is 5.21 Å². The van der Waals surface area contributed by atoms with E-state index in [4.69, 9.17) is 16.3 Å². The first-order valence-corrected chi connectivity index (χ1v) is 5.52. The number of hydrogen-bond acceptors (Lipinski definition) is 4. The quantitative estimate of drug-likeness (QED) is 0.845. The summed E-state index contributed by atoms with van der Waals surface area (Å²) in [6.45, 7) is 0.554. The number of benzene rings is 1. The van der Waals surface area contributed by atoms with Gasteiger partial charge >= 0.3 is 0 Å². The minimum atomic E-state index is -0.575. The zero-order chi connectivity index (χ0) is 11.8. The lowest BCUT2D eigenvalue weighted by molar-refractivity contribution is 0.288. The summed E-state index contributed by atoms with van der Waals surface area (Å²) in [5.41, 5.74) is 1.06. The summed E-state index contributed by atoms with van der Waals surface area (Å²) in [5.74, 6) is 0.0522. The molecule has 17 heavy (non-hydrogen) atoms. The standard InChI is InChI=1S/C10H8ClFN4O/c11-6-4-5-2-1-3-17-9(5)7(8(6)12)10-13-15-16-14-10/h4H,1-3H2,(H,13,14,15,16). The van der Waals surface area contributed by atoms with Crippen LogP contribution in [0.25, 0.3) is 11.4 Å². The zero-order valence-electron chi connectivity index (χ0n) is 8.70. The van der Waals surface area contributed by atoms with Crippen molar-refractivity contribution in [1.82, 2.24) is 20.6 Å². The molecule has 0 amide bonds. The third-order valence-electron chi connectivity index (χ3n) is 2.65. The number of tetrazole rings is 1. The number of H-pyrrole nitrogens is 1. The normalized spacial score (nSPS) is 14.2. The molecule has 0 spiro atoms. The Labute approximate surface area is 101 Å². The van der Waals surface area contributed by atoms with E-state index in [2.05, 4.69) is 20.6 Å². The molecule has 0 saturated heterocycles. The molecule has 1 aliphatic heterocycles. The smallest absolute Gasteiger partial charge is 0.211 e. The Kier molecular flexibility index (Phi) is 2.44. The first-order valence-electron chi connectivity index (χ1n) is 5.15. The van der Waals surface area contributed by atoms with Gasteiger partial charge in [-0.05, 0) is 29.7 Å². The van der Waals surface area contributed by atoms with Gasteiger partial charge in [0.2, 0.25) is 5.82 Å². The Bertz CT molecular complexity index is 558. The Hall–Kier alpha value is -1.69. The molecule has 0 aliphatic carbocycles. The molecule has 0 fully saturated rings. The van der Waals surface area contributed by atoms with E-state index in [1.165, 1.54) is 0 Å². The third kappa shape index (κ3) is 1.64. The van der Waals surface area contributed by atoms with Crippen LogP contribution in [0.3, 0.4) is 0 Å². The minimum Gasteiger partial charge on any atom is -0.492 e. The van der Waals surface area contributed by atoms with Gasteiger partial charge in [-0.15, -0.1) is 10.2 Å². The van der Waals surface area contributed by atoms with Crippen LogP contribution in [0.5, 0.6) is 5.75 Å². The van der Waals surface area contributed by atoms with Crippen molar-refractivity contribution in [1.29, 1.82) is 0 Å². The number of ether oxygens (including phenoxy) is 1. The van der Waals surface area contributed by atoms with Crippen molar-refractivity contribution in [3.05, 3.63) is 22.5 Å². The Balaban J connectivity index is 2.28. The van der Waals surface area contributed by atoms with Crippen LogP contribution < -0.4 is 4.74 Å². The second kappa shape index (κ2) is 3.96. The summed E-state index contributed by atoms with van der Waals surface area (Å²) >= 11 is 5.85. The number of nitrogens with one attached hydrogen (secondary N) is 1. The third-order valence-corrected chi connectivity index (χ3v) is 2.93. The molecule has 5 nitrogen and oxygen atoms in total. The molecule has 1 aliphatic rings. The molecule has 0 unspecified atom stereocenters. The van der Waals surface area contributed by atoms with E-state index < -0.39 is 5.82 Å². The summed E-state index contributed by atoms with van der Waals surface area (Å²) in [4.78, 5) is 0. The fourth-order valence-electron chi connectivity index (χ4n) is 1.92. The summed E-state index contributed by atoms with van der Waals surface area (Å²) in [6, 6.07) is 1.59. The Morgan fingerprint density at radius 2 is 2.35 bits per heavy atom. The highest BCUT2D eigenvalue weighted by atomic mass is 35.5. The highest BCUT2D eigenvalue weighted by molar-refractivity contribution is 6.31. The molecular weight excluding hydrogens is 247 g/mol. The second-order valence-electron chi connectivity index (χ2n) is 3.72. The lowest BCUT2D eigenvalue weighted by Crippen LogP contribution is -2.11. The average molecular weight is 255 g/mol. The fraction of sp³-hybridized carbons (Fsp3) is 0.300. The second-order valence-corrected chi connectivity index (χ2v) is 4.13. The SMILES string of the molecule is Fc1c(Cl)cc2c(c1-c1nn[nH]n1)OCCC2. The van der Waals surface area contributed by atoms with E-state index in [0.29, 0.717) is 12.4 Å². The average Bonchev–Trinajstić information content (AvgIpc) is 2.84. The Morgan fingerprint density at radius 1 is 1.47 bits per heavy atom. The number of nitrogens with zero attached hydrogens (tertiary/aromatic N) is 3. The van der Waals surface area contributed by atoms with Crippen molar-refractivity contribution in [3.8, 4) is 17.1 Å². The van der Waals surface area contributed by atoms with Gasteiger partial charge in [0.15, 0.2) is 5.82 Å². The molecule has 88 valence electrons. The maximum atomic E-state index is 14.0. The number of aromatic amines is 1. The van der Waals surface area contributed by atoms with Crippen molar-refractivity contribution in [2.24, 2.45) is 0 Å². The molecule has 7 heteroatoms. The fourth-order valence-corrected chi connectivity index (χ4v) is 2.14. The topological polar surface area (TPSA) is 63.7 Å². The van der Waals surface area contributed by atoms with Gasteiger partial charge in [-0.1, -0.05) is 11.6 Å². The predicted octanol–water partition coefficient (Wildman–Crippen LogP) is 1.98. The molecular formula is C10H8ClFN4O. The minimum absolute atomic E-state index is 0.0500. The number of halogens is 2. The van der Waals surface area contributed by atoms with Crippen molar-refractivity contribution in [2.75, 3.05) is 6.61 Å². The van der Waals surface area contributed by atoms with E-state index in [1.807, 2.05) is 0 Å². The summed E-state index contributed by atoms with van der Waals surface area (Å²) in [6.07, 6.45) is 1.70. The predicted molar refractivity (Wildman–Crippen MR) is 58.4 cm³/mol. The lowest BCUT2D eigenvalue weighted by atomic mass is 10.0. The Morgan fingerprint density at radius 3 is 3.12 bits per heavy atom. The zero-order valence-corrected chi connectivity index (χ0v) is 9.46. The summed E-state index contributed by atoms with van der Waals surface area (Å²) in [7, 11) is 0. The van der Waals surface area contributed by atoms with Crippen LogP contribution in [0.4, 0.5) is 4.39 Å². The molecule has 0 saturated carbocycles. The highest BCUT2D eigenvalue weighted by Gasteiger charge is 2.24. The first-order chi connectivity index (χ1) is 8.27. The van der Waals surface area contributed by atoms with Gasteiger partial charge < -0.3 is 4.74 Å². The number of rotatable bonds is 1. The summed E-state index contributed by atoms with van der Waals surface area (Å²) < 4.78 is 19.5. The molecule has 1 aromatic heterocycles. The first kappa shape index (κ1) is 10.5. The number of hydrogen-bond donors (Lipinski definition) is 1. The van der Waals surface area contributed by atoms with Crippen molar-refractivity contribution < 1.29 is 9.13 Å². The van der Waals surface area contributed by atoms with Crippen LogP contribution in [0.15, 0.2) is 6.07 Å². The lowest BCUT2D eigenvalue weighted by Gasteiger charge is -2.20. The van der Waals surface area contributed by atoms with Gasteiger partial charge in [0.05, 0.1) is 11.6 Å². The van der Waals surface area contributed by atoms with Gasteiger partial charge in [0.25, 0.3) is 0 Å². The van der Waals surface area contributed by atoms with Crippen molar-refractivity contribution >= 4 is 11.6 Å². The van der Waals surface area contributed by atoms with Gasteiger partial charge in [-0.25, -0.2) is 4.39 Å². The number of fused-ring (bicyclic) bond motifs is 1. The van der Waals surface area contributed by atoms with E-state index in [1.54, 1.807) is 6.07 Å². The molecule has 1 N–H and O–H groups in total. The van der Waals surface area contributed by atoms with Crippen LogP contribution in [0, 0.1) is 5.82 Å². The van der Waals surface area contributed by atoms with E-state index in [0.717, 1.165) is 18.4 Å². The molecule has 2 aromatic rings. The van der Waals surface area contributed by atoms with Crippen LogP contribution in [-0.4, -0.2) is 27.2 Å².